The van der Waals surface area contributed by atoms with E-state index < -0.39 is 0 Å². The van der Waals surface area contributed by atoms with Crippen LogP contribution in [0.4, 0.5) is 11.8 Å². The van der Waals surface area contributed by atoms with Gasteiger partial charge in [0.05, 0.1) is 12.7 Å². The van der Waals surface area contributed by atoms with Gasteiger partial charge in [0.1, 0.15) is 5.02 Å². The van der Waals surface area contributed by atoms with Crippen LogP contribution in [0.1, 0.15) is 4.88 Å². The normalized spacial score (nSPS) is 10.1. The summed E-state index contributed by atoms with van der Waals surface area (Å²) in [4.78, 5) is 9.48. The van der Waals surface area contributed by atoms with Crippen molar-refractivity contribution < 1.29 is 0 Å². The Hall–Kier alpha value is -1.33. The molecule has 0 spiro atoms. The molecular weight excluding hydrogens is 244 g/mol. The molecule has 2 N–H and O–H groups in total. The first-order valence-electron chi connectivity index (χ1n) is 4.76. The molecule has 0 amide bonds. The van der Waals surface area contributed by atoms with E-state index >= 15 is 0 Å². The van der Waals surface area contributed by atoms with Crippen molar-refractivity contribution in [2.24, 2.45) is 0 Å². The molecule has 0 aliphatic rings. The molecule has 6 heteroatoms. The number of nitrogens with one attached hydrogen (secondary N) is 2. The molecule has 84 valence electrons. The van der Waals surface area contributed by atoms with Gasteiger partial charge in [-0.1, -0.05) is 17.7 Å². The minimum absolute atomic E-state index is 0.524. The number of anilines is 2. The number of thiophene rings is 1. The zero-order valence-corrected chi connectivity index (χ0v) is 10.3. The first kappa shape index (κ1) is 11.2. The van der Waals surface area contributed by atoms with E-state index in [1.165, 1.54) is 4.88 Å². The predicted molar refractivity (Wildman–Crippen MR) is 68.2 cm³/mol. The van der Waals surface area contributed by atoms with Gasteiger partial charge in [0, 0.05) is 11.9 Å². The largest absolute Gasteiger partial charge is 0.364 e. The zero-order chi connectivity index (χ0) is 11.4. The van der Waals surface area contributed by atoms with Crippen LogP contribution in [-0.4, -0.2) is 17.0 Å². The van der Waals surface area contributed by atoms with E-state index in [0.29, 0.717) is 16.8 Å². The standard InChI is InChI=1S/C10H11ClN4S/c1-12-10-14-6-8(11)9(15-10)13-5-7-3-2-4-16-7/h2-4,6H,5H2,1H3,(H2,12,13,14,15). The Bertz CT molecular complexity index is 458. The molecule has 0 unspecified atom stereocenters. The van der Waals surface area contributed by atoms with Gasteiger partial charge in [-0.05, 0) is 11.4 Å². The molecule has 2 rings (SSSR count). The number of hydrogen-bond donors (Lipinski definition) is 2. The zero-order valence-electron chi connectivity index (χ0n) is 8.70. The van der Waals surface area contributed by atoms with Crippen molar-refractivity contribution in [3.63, 3.8) is 0 Å². The SMILES string of the molecule is CNc1ncc(Cl)c(NCc2cccs2)n1. The molecule has 0 aliphatic heterocycles. The number of hydrogen-bond acceptors (Lipinski definition) is 5. The van der Waals surface area contributed by atoms with Crippen molar-refractivity contribution in [1.29, 1.82) is 0 Å². The second-order valence-electron chi connectivity index (χ2n) is 3.07. The lowest BCUT2D eigenvalue weighted by atomic mass is 10.4. The second kappa shape index (κ2) is 5.14. The van der Waals surface area contributed by atoms with Gasteiger partial charge < -0.3 is 10.6 Å². The van der Waals surface area contributed by atoms with Gasteiger partial charge >= 0.3 is 0 Å². The van der Waals surface area contributed by atoms with E-state index in [2.05, 4.69) is 26.7 Å². The molecule has 0 bridgehead atoms. The third-order valence-corrected chi connectivity index (χ3v) is 3.13. The summed E-state index contributed by atoms with van der Waals surface area (Å²) in [6.07, 6.45) is 1.58. The molecule has 4 nitrogen and oxygen atoms in total. The van der Waals surface area contributed by atoms with Crippen LogP contribution in [0, 0.1) is 0 Å². The Labute approximate surface area is 103 Å². The van der Waals surface area contributed by atoms with Crippen LogP contribution >= 0.6 is 22.9 Å². The van der Waals surface area contributed by atoms with Crippen molar-refractivity contribution in [2.45, 2.75) is 6.54 Å². The molecule has 2 aromatic rings. The van der Waals surface area contributed by atoms with E-state index in [0.717, 1.165) is 6.54 Å². The molecule has 0 atom stereocenters. The van der Waals surface area contributed by atoms with Crippen LogP contribution in [0.15, 0.2) is 23.7 Å². The summed E-state index contributed by atoms with van der Waals surface area (Å²) in [5, 5.41) is 8.61. The molecule has 16 heavy (non-hydrogen) atoms. The summed E-state index contributed by atoms with van der Waals surface area (Å²) in [5.74, 6) is 1.20. The monoisotopic (exact) mass is 254 g/mol. The van der Waals surface area contributed by atoms with Crippen molar-refractivity contribution in [3.8, 4) is 0 Å². The molecule has 2 heterocycles. The van der Waals surface area contributed by atoms with Crippen molar-refractivity contribution in [1.82, 2.24) is 9.97 Å². The summed E-state index contributed by atoms with van der Waals surface area (Å²) < 4.78 is 0. The Morgan fingerprint density at radius 2 is 2.38 bits per heavy atom. The predicted octanol–water partition coefficient (Wildman–Crippen LogP) is 2.85. The lowest BCUT2D eigenvalue weighted by Gasteiger charge is -2.07. The van der Waals surface area contributed by atoms with Crippen LogP contribution in [0.2, 0.25) is 5.02 Å². The number of rotatable bonds is 4. The lowest BCUT2D eigenvalue weighted by Crippen LogP contribution is -2.04. The topological polar surface area (TPSA) is 49.8 Å². The number of nitrogens with zero attached hydrogens (tertiary/aromatic N) is 2. The average molecular weight is 255 g/mol. The molecule has 0 radical (unpaired) electrons. The fourth-order valence-corrected chi connectivity index (χ4v) is 2.00. The van der Waals surface area contributed by atoms with E-state index in [1.807, 2.05) is 11.4 Å². The maximum Gasteiger partial charge on any atom is 0.224 e. The molecule has 2 aromatic heterocycles. The van der Waals surface area contributed by atoms with Gasteiger partial charge in [-0.15, -0.1) is 11.3 Å². The van der Waals surface area contributed by atoms with Crippen LogP contribution in [-0.2, 0) is 6.54 Å². The molecule has 0 aliphatic carbocycles. The summed E-state index contributed by atoms with van der Waals surface area (Å²) in [6.45, 7) is 0.720. The highest BCUT2D eigenvalue weighted by molar-refractivity contribution is 7.09. The first-order valence-corrected chi connectivity index (χ1v) is 6.02. The van der Waals surface area contributed by atoms with Gasteiger partial charge in [0.2, 0.25) is 5.95 Å². The number of aromatic nitrogens is 2. The smallest absolute Gasteiger partial charge is 0.224 e. The van der Waals surface area contributed by atoms with Gasteiger partial charge in [0.15, 0.2) is 5.82 Å². The summed E-state index contributed by atoms with van der Waals surface area (Å²) in [6, 6.07) is 4.08. The van der Waals surface area contributed by atoms with Crippen LogP contribution in [0.25, 0.3) is 0 Å². The third-order valence-electron chi connectivity index (χ3n) is 1.98. The quantitative estimate of drug-likeness (QED) is 0.881. The highest BCUT2D eigenvalue weighted by atomic mass is 35.5. The van der Waals surface area contributed by atoms with Gasteiger partial charge in [0.25, 0.3) is 0 Å². The average Bonchev–Trinajstić information content (AvgIpc) is 2.81. The minimum Gasteiger partial charge on any atom is -0.364 e. The van der Waals surface area contributed by atoms with E-state index in [4.69, 9.17) is 11.6 Å². The Morgan fingerprint density at radius 3 is 3.06 bits per heavy atom. The molecular formula is C10H11ClN4S. The van der Waals surface area contributed by atoms with Crippen LogP contribution in [0.5, 0.6) is 0 Å². The summed E-state index contributed by atoms with van der Waals surface area (Å²) >= 11 is 7.67. The van der Waals surface area contributed by atoms with E-state index in [9.17, 15) is 0 Å². The van der Waals surface area contributed by atoms with Gasteiger partial charge in [-0.25, -0.2) is 4.98 Å². The summed E-state index contributed by atoms with van der Waals surface area (Å²) in [7, 11) is 1.77. The van der Waals surface area contributed by atoms with Gasteiger partial charge in [-0.2, -0.15) is 4.98 Å². The van der Waals surface area contributed by atoms with E-state index in [-0.39, 0.29) is 0 Å². The van der Waals surface area contributed by atoms with Crippen molar-refractivity contribution in [3.05, 3.63) is 33.6 Å². The Kier molecular flexibility index (Phi) is 3.58. The molecule has 0 fully saturated rings. The molecule has 0 aromatic carbocycles. The minimum atomic E-state index is 0.524. The fraction of sp³-hybridized carbons (Fsp3) is 0.200. The van der Waals surface area contributed by atoms with Crippen molar-refractivity contribution in [2.75, 3.05) is 17.7 Å². The van der Waals surface area contributed by atoms with Crippen molar-refractivity contribution >= 4 is 34.7 Å². The summed E-state index contributed by atoms with van der Waals surface area (Å²) in [5.41, 5.74) is 0. The molecule has 0 saturated heterocycles. The maximum atomic E-state index is 5.98. The maximum absolute atomic E-state index is 5.98. The van der Waals surface area contributed by atoms with Crippen LogP contribution < -0.4 is 10.6 Å². The molecule has 0 saturated carbocycles. The third kappa shape index (κ3) is 2.62. The second-order valence-corrected chi connectivity index (χ2v) is 4.51. The van der Waals surface area contributed by atoms with Crippen LogP contribution in [0.3, 0.4) is 0 Å². The Balaban J connectivity index is 2.08. The highest BCUT2D eigenvalue weighted by Crippen LogP contribution is 2.20. The van der Waals surface area contributed by atoms with Gasteiger partial charge in [-0.3, -0.25) is 0 Å². The first-order chi connectivity index (χ1) is 7.79. The van der Waals surface area contributed by atoms with E-state index in [1.54, 1.807) is 24.6 Å². The lowest BCUT2D eigenvalue weighted by molar-refractivity contribution is 1.09. The Morgan fingerprint density at radius 1 is 1.50 bits per heavy atom. The highest BCUT2D eigenvalue weighted by Gasteiger charge is 2.04. The number of halogens is 1. The fourth-order valence-electron chi connectivity index (χ4n) is 1.20.